The lowest BCUT2D eigenvalue weighted by atomic mass is 10.1. The van der Waals surface area contributed by atoms with E-state index in [0.717, 1.165) is 0 Å². The van der Waals surface area contributed by atoms with E-state index in [9.17, 15) is 14.7 Å². The molecule has 3 N–H and O–H groups in total. The van der Waals surface area contributed by atoms with Gasteiger partial charge in [-0.3, -0.25) is 9.59 Å². The molecule has 0 saturated heterocycles. The molecule has 9 heteroatoms. The van der Waals surface area contributed by atoms with Gasteiger partial charge in [0.05, 0.1) is 27.0 Å². The van der Waals surface area contributed by atoms with E-state index >= 15 is 0 Å². The van der Waals surface area contributed by atoms with Crippen molar-refractivity contribution >= 4 is 69.6 Å². The number of carbonyl (C=O) groups excluding carboxylic acids is 2. The summed E-state index contributed by atoms with van der Waals surface area (Å²) < 4.78 is 0. The van der Waals surface area contributed by atoms with Crippen LogP contribution < -0.4 is 10.6 Å². The Bertz CT molecular complexity index is 1120. The summed E-state index contributed by atoms with van der Waals surface area (Å²) in [7, 11) is 0. The van der Waals surface area contributed by atoms with E-state index in [1.54, 1.807) is 18.2 Å². The van der Waals surface area contributed by atoms with Crippen molar-refractivity contribution < 1.29 is 14.7 Å². The Morgan fingerprint density at radius 2 is 1.21 bits per heavy atom. The summed E-state index contributed by atoms with van der Waals surface area (Å²) >= 11 is 23.8. The highest BCUT2D eigenvalue weighted by atomic mass is 35.5. The molecule has 0 aliphatic carbocycles. The molecule has 3 rings (SSSR count). The van der Waals surface area contributed by atoms with E-state index in [4.69, 9.17) is 46.4 Å². The van der Waals surface area contributed by atoms with E-state index in [1.807, 2.05) is 0 Å². The third-order valence-corrected chi connectivity index (χ3v) is 4.96. The quantitative estimate of drug-likeness (QED) is 0.407. The Balaban J connectivity index is 1.83. The summed E-state index contributed by atoms with van der Waals surface area (Å²) in [6.07, 6.45) is 0. The van der Waals surface area contributed by atoms with Crippen LogP contribution in [0.2, 0.25) is 20.1 Å². The molecule has 3 aromatic rings. The third kappa shape index (κ3) is 5.14. The molecule has 0 radical (unpaired) electrons. The van der Waals surface area contributed by atoms with Crippen LogP contribution in [0.1, 0.15) is 20.7 Å². The highest BCUT2D eigenvalue weighted by Crippen LogP contribution is 2.28. The van der Waals surface area contributed by atoms with Crippen LogP contribution in [0.4, 0.5) is 11.4 Å². The number of benzene rings is 3. The largest absolute Gasteiger partial charge is 0.507 e. The highest BCUT2D eigenvalue weighted by Gasteiger charge is 2.17. The lowest BCUT2D eigenvalue weighted by Crippen LogP contribution is -2.16. The van der Waals surface area contributed by atoms with Crippen LogP contribution in [0.25, 0.3) is 0 Å². The van der Waals surface area contributed by atoms with E-state index < -0.39 is 11.8 Å². The summed E-state index contributed by atoms with van der Waals surface area (Å²) in [5.74, 6) is -1.47. The van der Waals surface area contributed by atoms with Crippen molar-refractivity contribution in [3.8, 4) is 5.75 Å². The number of anilines is 2. The maximum Gasteiger partial charge on any atom is 0.259 e. The fourth-order valence-corrected chi connectivity index (χ4v) is 3.34. The monoisotopic (exact) mass is 468 g/mol. The van der Waals surface area contributed by atoms with Crippen molar-refractivity contribution in [1.82, 2.24) is 0 Å². The molecule has 0 aliphatic rings. The normalized spacial score (nSPS) is 10.5. The third-order valence-electron chi connectivity index (χ3n) is 3.86. The van der Waals surface area contributed by atoms with Crippen molar-refractivity contribution in [2.45, 2.75) is 0 Å². The van der Waals surface area contributed by atoms with Gasteiger partial charge < -0.3 is 15.7 Å². The van der Waals surface area contributed by atoms with Crippen LogP contribution in [0, 0.1) is 0 Å². The van der Waals surface area contributed by atoms with Crippen molar-refractivity contribution in [2.24, 2.45) is 0 Å². The van der Waals surface area contributed by atoms with E-state index in [0.29, 0.717) is 21.4 Å². The number of nitrogens with one attached hydrogen (secondary N) is 2. The van der Waals surface area contributed by atoms with E-state index in [-0.39, 0.29) is 26.9 Å². The van der Waals surface area contributed by atoms with Crippen molar-refractivity contribution in [3.05, 3.63) is 85.8 Å². The Labute approximate surface area is 186 Å². The standard InChI is InChI=1S/C20H12Cl4N2O3/c21-11-2-4-16(14(23)8-11)25-19(28)10-1-6-18(27)13(7-10)20(29)26-17-5-3-12(22)9-15(17)24/h1-9,27H,(H,25,28)(H,26,29). The molecule has 0 unspecified atom stereocenters. The zero-order chi connectivity index (χ0) is 21.1. The second-order valence-corrected chi connectivity index (χ2v) is 7.58. The van der Waals surface area contributed by atoms with Gasteiger partial charge in [-0.2, -0.15) is 0 Å². The maximum absolute atomic E-state index is 12.6. The Kier molecular flexibility index (Phi) is 6.55. The number of aromatic hydroxyl groups is 1. The molecule has 2 amide bonds. The van der Waals surface area contributed by atoms with Gasteiger partial charge >= 0.3 is 0 Å². The second-order valence-electron chi connectivity index (χ2n) is 5.89. The number of amides is 2. The lowest BCUT2D eigenvalue weighted by Gasteiger charge is -2.11. The number of phenols is 1. The minimum absolute atomic E-state index is 0.106. The maximum atomic E-state index is 12.6. The summed E-state index contributed by atoms with van der Waals surface area (Å²) in [4.78, 5) is 25.1. The smallest absolute Gasteiger partial charge is 0.259 e. The molecule has 0 spiro atoms. The lowest BCUT2D eigenvalue weighted by molar-refractivity contribution is 0.102. The average Bonchev–Trinajstić information content (AvgIpc) is 2.66. The first-order valence-corrected chi connectivity index (χ1v) is 9.61. The summed E-state index contributed by atoms with van der Waals surface area (Å²) in [5.41, 5.74) is 0.698. The zero-order valence-corrected chi connectivity index (χ0v) is 17.5. The number of rotatable bonds is 4. The molecule has 0 fully saturated rings. The molecule has 3 aromatic carbocycles. The van der Waals surface area contributed by atoms with Gasteiger partial charge in [0.2, 0.25) is 0 Å². The number of phenolic OH excluding ortho intramolecular Hbond substituents is 1. The van der Waals surface area contributed by atoms with Gasteiger partial charge in [0.15, 0.2) is 0 Å². The number of hydrogen-bond donors (Lipinski definition) is 3. The van der Waals surface area contributed by atoms with Gasteiger partial charge in [0.1, 0.15) is 5.75 Å². The van der Waals surface area contributed by atoms with E-state index in [2.05, 4.69) is 10.6 Å². The fraction of sp³-hybridized carbons (Fsp3) is 0. The van der Waals surface area contributed by atoms with Crippen LogP contribution >= 0.6 is 46.4 Å². The number of halogens is 4. The minimum Gasteiger partial charge on any atom is -0.507 e. The van der Waals surface area contributed by atoms with Crippen LogP contribution in [0.3, 0.4) is 0 Å². The minimum atomic E-state index is -0.647. The second kappa shape index (κ2) is 8.93. The zero-order valence-electron chi connectivity index (χ0n) is 14.5. The molecule has 0 bridgehead atoms. The molecule has 148 valence electrons. The van der Waals surface area contributed by atoms with Gasteiger partial charge in [-0.1, -0.05) is 46.4 Å². The van der Waals surface area contributed by atoms with Crippen molar-refractivity contribution in [3.63, 3.8) is 0 Å². The Morgan fingerprint density at radius 1 is 0.690 bits per heavy atom. The average molecular weight is 470 g/mol. The summed E-state index contributed by atoms with van der Waals surface area (Å²) in [5, 5.41) is 16.6. The van der Waals surface area contributed by atoms with E-state index in [1.165, 1.54) is 36.4 Å². The topological polar surface area (TPSA) is 78.4 Å². The van der Waals surface area contributed by atoms with Gasteiger partial charge in [0, 0.05) is 15.6 Å². The van der Waals surface area contributed by atoms with Gasteiger partial charge in [-0.05, 0) is 54.6 Å². The van der Waals surface area contributed by atoms with Crippen LogP contribution in [0.15, 0.2) is 54.6 Å². The van der Waals surface area contributed by atoms with Gasteiger partial charge in [0.25, 0.3) is 11.8 Å². The Hall–Kier alpha value is -2.44. The summed E-state index contributed by atoms with van der Waals surface area (Å²) in [6, 6.07) is 13.1. The molecular weight excluding hydrogens is 458 g/mol. The van der Waals surface area contributed by atoms with Gasteiger partial charge in [-0.15, -0.1) is 0 Å². The predicted octanol–water partition coefficient (Wildman–Crippen LogP) is 6.51. The molecule has 5 nitrogen and oxygen atoms in total. The first kappa shape index (κ1) is 21.3. The number of carbonyl (C=O) groups is 2. The Morgan fingerprint density at radius 3 is 1.72 bits per heavy atom. The summed E-state index contributed by atoms with van der Waals surface area (Å²) in [6.45, 7) is 0. The van der Waals surface area contributed by atoms with Crippen molar-refractivity contribution in [1.29, 1.82) is 0 Å². The molecule has 0 aliphatic heterocycles. The molecule has 0 aromatic heterocycles. The molecule has 0 atom stereocenters. The first-order valence-electron chi connectivity index (χ1n) is 8.10. The molecule has 0 saturated carbocycles. The van der Waals surface area contributed by atoms with Crippen LogP contribution in [0.5, 0.6) is 5.75 Å². The number of hydrogen-bond acceptors (Lipinski definition) is 3. The highest BCUT2D eigenvalue weighted by molar-refractivity contribution is 6.37. The molecule has 0 heterocycles. The first-order chi connectivity index (χ1) is 13.7. The molecule has 29 heavy (non-hydrogen) atoms. The molecular formula is C20H12Cl4N2O3. The fourth-order valence-electron chi connectivity index (χ4n) is 2.42. The van der Waals surface area contributed by atoms with Crippen molar-refractivity contribution in [2.75, 3.05) is 10.6 Å². The van der Waals surface area contributed by atoms with Crippen LogP contribution in [-0.4, -0.2) is 16.9 Å². The van der Waals surface area contributed by atoms with Crippen LogP contribution in [-0.2, 0) is 0 Å². The van der Waals surface area contributed by atoms with Gasteiger partial charge in [-0.25, -0.2) is 0 Å². The SMILES string of the molecule is O=C(Nc1ccc(Cl)cc1Cl)c1ccc(O)c(C(=O)Nc2ccc(Cl)cc2Cl)c1. The predicted molar refractivity (Wildman–Crippen MR) is 117 cm³/mol.